The van der Waals surface area contributed by atoms with Gasteiger partial charge in [0.1, 0.15) is 0 Å². The molecule has 0 aromatic carbocycles. The molecule has 2 atom stereocenters. The number of azo groups is 1. The molecule has 0 amide bonds. The number of rotatable bonds is 4. The fourth-order valence-corrected chi connectivity index (χ4v) is 3.89. The molecule has 0 heterocycles. The highest BCUT2D eigenvalue weighted by Crippen LogP contribution is 2.38. The van der Waals surface area contributed by atoms with E-state index in [1.54, 1.807) is 0 Å². The summed E-state index contributed by atoms with van der Waals surface area (Å²) in [5.41, 5.74) is 0. The van der Waals surface area contributed by atoms with Gasteiger partial charge in [0.15, 0.2) is 5.00 Å². The van der Waals surface area contributed by atoms with Crippen LogP contribution >= 0.6 is 11.6 Å². The molecule has 2 saturated carbocycles. The number of alkyl halides is 1. The van der Waals surface area contributed by atoms with Gasteiger partial charge in [-0.05, 0) is 51.4 Å². The summed E-state index contributed by atoms with van der Waals surface area (Å²) in [4.78, 5) is -0.469. The number of hydrogen-bond acceptors (Lipinski definition) is 2. The minimum absolute atomic E-state index is 0.349. The first-order chi connectivity index (χ1) is 9.09. The molecule has 0 saturated heterocycles. The highest BCUT2D eigenvalue weighted by Gasteiger charge is 2.33. The van der Waals surface area contributed by atoms with Crippen molar-refractivity contribution in [2.75, 3.05) is 0 Å². The Balaban J connectivity index is 1.87. The molecule has 2 aliphatic carbocycles. The van der Waals surface area contributed by atoms with Crippen LogP contribution in [0, 0.1) is 11.8 Å². The van der Waals surface area contributed by atoms with Crippen LogP contribution in [-0.2, 0) is 0 Å². The number of nitrogens with zero attached hydrogens (tertiary/aromatic N) is 2. The van der Waals surface area contributed by atoms with Crippen LogP contribution in [0.15, 0.2) is 10.2 Å². The summed E-state index contributed by atoms with van der Waals surface area (Å²) < 4.78 is 0. The summed E-state index contributed by atoms with van der Waals surface area (Å²) >= 11 is 6.64. The molecule has 2 aliphatic rings. The van der Waals surface area contributed by atoms with Crippen molar-refractivity contribution in [3.05, 3.63) is 0 Å². The topological polar surface area (TPSA) is 24.7 Å². The average molecular weight is 285 g/mol. The highest BCUT2D eigenvalue weighted by atomic mass is 35.5. The van der Waals surface area contributed by atoms with Gasteiger partial charge in [0, 0.05) is 0 Å². The summed E-state index contributed by atoms with van der Waals surface area (Å²) in [7, 11) is 0. The summed E-state index contributed by atoms with van der Waals surface area (Å²) in [6, 6.07) is 0.349. The van der Waals surface area contributed by atoms with Crippen molar-refractivity contribution in [2.24, 2.45) is 22.1 Å². The van der Waals surface area contributed by atoms with Crippen molar-refractivity contribution in [2.45, 2.75) is 89.1 Å². The van der Waals surface area contributed by atoms with Crippen molar-refractivity contribution < 1.29 is 0 Å². The molecule has 2 nitrogen and oxygen atoms in total. The van der Waals surface area contributed by atoms with Crippen LogP contribution in [0.1, 0.15) is 78.1 Å². The number of halogens is 1. The van der Waals surface area contributed by atoms with E-state index < -0.39 is 5.00 Å². The van der Waals surface area contributed by atoms with Gasteiger partial charge >= 0.3 is 0 Å². The van der Waals surface area contributed by atoms with Crippen molar-refractivity contribution in [3.63, 3.8) is 0 Å². The SMILES string of the molecule is CC(/N=N/C(C)(Cl)C1CCCCC1)C1CCCCC1. The average Bonchev–Trinajstić information content (AvgIpc) is 2.47. The zero-order valence-electron chi connectivity index (χ0n) is 12.6. The van der Waals surface area contributed by atoms with E-state index >= 15 is 0 Å². The quantitative estimate of drug-likeness (QED) is 0.346. The van der Waals surface area contributed by atoms with Crippen LogP contribution < -0.4 is 0 Å². The standard InChI is InChI=1S/C16H29ClN2/c1-13(14-9-5-3-6-10-14)18-19-16(2,17)15-11-7-4-8-12-15/h13-15H,3-12H2,1-2H3/b19-18+. The van der Waals surface area contributed by atoms with E-state index in [0.717, 1.165) is 5.92 Å². The van der Waals surface area contributed by atoms with Crippen LogP contribution in [-0.4, -0.2) is 11.0 Å². The Labute approximate surface area is 123 Å². The predicted molar refractivity (Wildman–Crippen MR) is 81.7 cm³/mol. The Hall–Kier alpha value is -0.110. The first-order valence-corrected chi connectivity index (χ1v) is 8.58. The molecular formula is C16H29ClN2. The van der Waals surface area contributed by atoms with Crippen molar-refractivity contribution >= 4 is 11.6 Å². The van der Waals surface area contributed by atoms with Gasteiger partial charge in [-0.15, -0.1) is 0 Å². The van der Waals surface area contributed by atoms with E-state index in [0.29, 0.717) is 12.0 Å². The van der Waals surface area contributed by atoms with Crippen LogP contribution in [0.5, 0.6) is 0 Å². The lowest BCUT2D eigenvalue weighted by Crippen LogP contribution is -2.28. The molecule has 19 heavy (non-hydrogen) atoms. The van der Waals surface area contributed by atoms with Gasteiger partial charge < -0.3 is 0 Å². The normalized spacial score (nSPS) is 28.4. The van der Waals surface area contributed by atoms with Crippen molar-refractivity contribution in [1.82, 2.24) is 0 Å². The van der Waals surface area contributed by atoms with Gasteiger partial charge in [-0.2, -0.15) is 10.2 Å². The second kappa shape index (κ2) is 7.06. The third-order valence-corrected chi connectivity index (χ3v) is 5.50. The maximum Gasteiger partial charge on any atom is 0.154 e. The van der Waals surface area contributed by atoms with E-state index in [4.69, 9.17) is 11.6 Å². The molecule has 110 valence electrons. The van der Waals surface area contributed by atoms with Gasteiger partial charge in [0.2, 0.25) is 0 Å². The minimum Gasteiger partial charge on any atom is -0.189 e. The van der Waals surface area contributed by atoms with E-state index in [1.807, 2.05) is 0 Å². The Kier molecular flexibility index (Phi) is 5.68. The van der Waals surface area contributed by atoms with Crippen LogP contribution in [0.25, 0.3) is 0 Å². The molecule has 0 radical (unpaired) electrons. The molecule has 0 aromatic heterocycles. The predicted octanol–water partition coefficient (Wildman–Crippen LogP) is 5.94. The largest absolute Gasteiger partial charge is 0.189 e. The van der Waals surface area contributed by atoms with Crippen LogP contribution in [0.2, 0.25) is 0 Å². The Bertz CT molecular complexity index is 289. The fourth-order valence-electron chi connectivity index (χ4n) is 3.63. The van der Waals surface area contributed by atoms with Gasteiger partial charge in [0.25, 0.3) is 0 Å². The Morgan fingerprint density at radius 3 is 2.05 bits per heavy atom. The van der Waals surface area contributed by atoms with Gasteiger partial charge in [0.05, 0.1) is 6.04 Å². The monoisotopic (exact) mass is 284 g/mol. The highest BCUT2D eigenvalue weighted by molar-refractivity contribution is 6.23. The fraction of sp³-hybridized carbons (Fsp3) is 1.00. The van der Waals surface area contributed by atoms with Crippen molar-refractivity contribution in [1.29, 1.82) is 0 Å². The molecule has 2 fully saturated rings. The molecule has 0 spiro atoms. The smallest absolute Gasteiger partial charge is 0.154 e. The lowest BCUT2D eigenvalue weighted by molar-refractivity contribution is 0.269. The van der Waals surface area contributed by atoms with Crippen molar-refractivity contribution in [3.8, 4) is 0 Å². The summed E-state index contributed by atoms with van der Waals surface area (Å²) in [5, 5.41) is 9.13. The molecular weight excluding hydrogens is 256 g/mol. The second-order valence-corrected chi connectivity index (χ2v) is 7.48. The first kappa shape index (κ1) is 15.3. The van der Waals surface area contributed by atoms with E-state index in [-0.39, 0.29) is 0 Å². The second-order valence-electron chi connectivity index (χ2n) is 6.71. The molecule has 0 bridgehead atoms. The summed E-state index contributed by atoms with van der Waals surface area (Å²) in [5.74, 6) is 1.25. The van der Waals surface area contributed by atoms with Crippen LogP contribution in [0.3, 0.4) is 0 Å². The number of hydrogen-bond donors (Lipinski definition) is 0. The lowest BCUT2D eigenvalue weighted by atomic mass is 9.84. The van der Waals surface area contributed by atoms with E-state index in [2.05, 4.69) is 24.1 Å². The Morgan fingerprint density at radius 1 is 0.947 bits per heavy atom. The zero-order valence-corrected chi connectivity index (χ0v) is 13.3. The molecule has 2 unspecified atom stereocenters. The van der Waals surface area contributed by atoms with Gasteiger partial charge in [-0.1, -0.05) is 50.1 Å². The van der Waals surface area contributed by atoms with Gasteiger partial charge in [-0.3, -0.25) is 0 Å². The molecule has 0 aliphatic heterocycles. The maximum absolute atomic E-state index is 6.64. The molecule has 3 heteroatoms. The maximum atomic E-state index is 6.64. The summed E-state index contributed by atoms with van der Waals surface area (Å²) in [6.45, 7) is 4.27. The molecule has 0 aromatic rings. The summed E-state index contributed by atoms with van der Waals surface area (Å²) in [6.07, 6.45) is 13.2. The lowest BCUT2D eigenvalue weighted by Gasteiger charge is -2.31. The molecule has 2 rings (SSSR count). The molecule has 0 N–H and O–H groups in total. The van der Waals surface area contributed by atoms with Gasteiger partial charge in [-0.25, -0.2) is 0 Å². The first-order valence-electron chi connectivity index (χ1n) is 8.20. The van der Waals surface area contributed by atoms with Crippen LogP contribution in [0.4, 0.5) is 0 Å². The Morgan fingerprint density at radius 2 is 1.47 bits per heavy atom. The van der Waals surface area contributed by atoms with E-state index in [1.165, 1.54) is 64.2 Å². The zero-order chi connectivity index (χ0) is 13.7. The minimum atomic E-state index is -0.469. The third-order valence-electron chi connectivity index (χ3n) is 5.12. The van der Waals surface area contributed by atoms with E-state index in [9.17, 15) is 0 Å². The third kappa shape index (κ3) is 4.44.